The molecular weight excluding hydrogens is 334 g/mol. The van der Waals surface area contributed by atoms with Gasteiger partial charge in [-0.25, -0.2) is 8.42 Å². The van der Waals surface area contributed by atoms with Crippen molar-refractivity contribution >= 4 is 33.3 Å². The zero-order valence-corrected chi connectivity index (χ0v) is 14.5. The van der Waals surface area contributed by atoms with Gasteiger partial charge >= 0.3 is 0 Å². The summed E-state index contributed by atoms with van der Waals surface area (Å²) in [5, 5.41) is 4.06. The molecule has 2 aliphatic rings. The molecule has 0 spiro atoms. The maximum atomic E-state index is 13.1. The van der Waals surface area contributed by atoms with Crippen LogP contribution in [0.3, 0.4) is 0 Å². The number of halogens is 1. The van der Waals surface area contributed by atoms with E-state index < -0.39 is 10.0 Å². The Morgan fingerprint density at radius 2 is 1.87 bits per heavy atom. The number of sulfonamides is 1. The SMILES string of the molecule is Cc1ccc(S(=O)(=O)N2C[C@H]3CNC[C@H]3C2)c2cccnc12.Cl. The van der Waals surface area contributed by atoms with Gasteiger partial charge in [0.05, 0.1) is 10.4 Å². The summed E-state index contributed by atoms with van der Waals surface area (Å²) in [6.45, 7) is 5.04. The first-order chi connectivity index (χ1) is 10.6. The van der Waals surface area contributed by atoms with Crippen molar-refractivity contribution < 1.29 is 8.42 Å². The number of pyridine rings is 1. The van der Waals surface area contributed by atoms with Crippen LogP contribution < -0.4 is 5.32 Å². The second-order valence-corrected chi connectivity index (χ2v) is 8.19. The average Bonchev–Trinajstić information content (AvgIpc) is 3.09. The number of hydrogen-bond acceptors (Lipinski definition) is 4. The van der Waals surface area contributed by atoms with Gasteiger partial charge in [-0.1, -0.05) is 6.07 Å². The Morgan fingerprint density at radius 3 is 2.57 bits per heavy atom. The predicted octanol–water partition coefficient (Wildman–Crippen LogP) is 1.80. The fourth-order valence-corrected chi connectivity index (χ4v) is 5.40. The van der Waals surface area contributed by atoms with Crippen molar-refractivity contribution in [3.05, 3.63) is 36.0 Å². The van der Waals surface area contributed by atoms with Crippen molar-refractivity contribution in [2.24, 2.45) is 11.8 Å². The normalized spacial score (nSPS) is 24.6. The van der Waals surface area contributed by atoms with E-state index in [9.17, 15) is 8.42 Å². The van der Waals surface area contributed by atoms with Crippen LogP contribution in [0, 0.1) is 18.8 Å². The molecule has 0 saturated carbocycles. The first kappa shape index (κ1) is 16.6. The van der Waals surface area contributed by atoms with Crippen LogP contribution in [0.25, 0.3) is 10.9 Å². The summed E-state index contributed by atoms with van der Waals surface area (Å²) in [7, 11) is -3.46. The maximum absolute atomic E-state index is 13.1. The van der Waals surface area contributed by atoms with Crippen molar-refractivity contribution in [1.82, 2.24) is 14.6 Å². The fraction of sp³-hybridized carbons (Fsp3) is 0.438. The largest absolute Gasteiger partial charge is 0.316 e. The summed E-state index contributed by atoms with van der Waals surface area (Å²) in [6.07, 6.45) is 1.71. The highest BCUT2D eigenvalue weighted by Gasteiger charge is 2.41. The molecule has 2 atom stereocenters. The summed E-state index contributed by atoms with van der Waals surface area (Å²) in [4.78, 5) is 4.73. The molecule has 7 heteroatoms. The van der Waals surface area contributed by atoms with E-state index in [-0.39, 0.29) is 12.4 Å². The molecule has 1 aromatic heterocycles. The molecular formula is C16H20ClN3O2S. The van der Waals surface area contributed by atoms with E-state index in [1.807, 2.05) is 19.1 Å². The quantitative estimate of drug-likeness (QED) is 0.894. The lowest BCUT2D eigenvalue weighted by Gasteiger charge is -2.19. The minimum atomic E-state index is -3.46. The monoisotopic (exact) mass is 353 g/mol. The van der Waals surface area contributed by atoms with Gasteiger partial charge in [-0.3, -0.25) is 4.98 Å². The Kier molecular flexibility index (Phi) is 4.35. The second-order valence-electron chi connectivity index (χ2n) is 6.28. The summed E-state index contributed by atoms with van der Waals surface area (Å²) >= 11 is 0. The molecule has 0 aliphatic carbocycles. The maximum Gasteiger partial charge on any atom is 0.243 e. The highest BCUT2D eigenvalue weighted by atomic mass is 35.5. The zero-order chi connectivity index (χ0) is 15.3. The molecule has 0 unspecified atom stereocenters. The second kappa shape index (κ2) is 6.02. The van der Waals surface area contributed by atoms with Gasteiger partial charge in [0.2, 0.25) is 10.0 Å². The number of hydrogen-bond donors (Lipinski definition) is 1. The van der Waals surface area contributed by atoms with Gasteiger partial charge in [-0.15, -0.1) is 12.4 Å². The first-order valence-electron chi connectivity index (χ1n) is 7.62. The van der Waals surface area contributed by atoms with Crippen LogP contribution in [0.1, 0.15) is 5.56 Å². The van der Waals surface area contributed by atoms with Crippen molar-refractivity contribution in [2.75, 3.05) is 26.2 Å². The lowest BCUT2D eigenvalue weighted by molar-refractivity contribution is 0.448. The smallest absolute Gasteiger partial charge is 0.243 e. The Hall–Kier alpha value is -1.21. The minimum absolute atomic E-state index is 0. The third-order valence-electron chi connectivity index (χ3n) is 4.91. The number of aryl methyl sites for hydroxylation is 1. The molecule has 1 N–H and O–H groups in total. The Labute approximate surface area is 142 Å². The van der Waals surface area contributed by atoms with Gasteiger partial charge in [0, 0.05) is 24.7 Å². The van der Waals surface area contributed by atoms with E-state index in [0.717, 1.165) is 29.6 Å². The predicted molar refractivity (Wildman–Crippen MR) is 92.3 cm³/mol. The molecule has 2 aromatic rings. The number of aromatic nitrogens is 1. The van der Waals surface area contributed by atoms with E-state index in [2.05, 4.69) is 10.3 Å². The van der Waals surface area contributed by atoms with Crippen LogP contribution in [0.4, 0.5) is 0 Å². The van der Waals surface area contributed by atoms with Gasteiger partial charge < -0.3 is 5.32 Å². The lowest BCUT2D eigenvalue weighted by Crippen LogP contribution is -2.32. The van der Waals surface area contributed by atoms with E-state index in [0.29, 0.717) is 29.8 Å². The molecule has 1 aromatic carbocycles. The number of nitrogens with zero attached hydrogens (tertiary/aromatic N) is 2. The van der Waals surface area contributed by atoms with Crippen LogP contribution in [-0.2, 0) is 10.0 Å². The number of fused-ring (bicyclic) bond motifs is 2. The van der Waals surface area contributed by atoms with Gasteiger partial charge in [0.1, 0.15) is 0 Å². The Morgan fingerprint density at radius 1 is 1.17 bits per heavy atom. The molecule has 5 nitrogen and oxygen atoms in total. The van der Waals surface area contributed by atoms with Crippen LogP contribution in [0.15, 0.2) is 35.4 Å². The molecule has 2 saturated heterocycles. The number of benzene rings is 1. The Balaban J connectivity index is 0.00000156. The van der Waals surface area contributed by atoms with E-state index in [1.54, 1.807) is 22.6 Å². The van der Waals surface area contributed by atoms with Gasteiger partial charge in [0.15, 0.2) is 0 Å². The molecule has 124 valence electrons. The van der Waals surface area contributed by atoms with Gasteiger partial charge in [-0.2, -0.15) is 4.31 Å². The third kappa shape index (κ3) is 2.63. The molecule has 3 heterocycles. The van der Waals surface area contributed by atoms with Crippen molar-refractivity contribution in [3.8, 4) is 0 Å². The third-order valence-corrected chi connectivity index (χ3v) is 6.80. The number of rotatable bonds is 2. The highest BCUT2D eigenvalue weighted by molar-refractivity contribution is 7.89. The molecule has 2 aliphatic heterocycles. The van der Waals surface area contributed by atoms with Crippen LogP contribution in [0.5, 0.6) is 0 Å². The molecule has 2 fully saturated rings. The minimum Gasteiger partial charge on any atom is -0.316 e. The zero-order valence-electron chi connectivity index (χ0n) is 12.9. The summed E-state index contributed by atoms with van der Waals surface area (Å²) in [5.41, 5.74) is 1.77. The van der Waals surface area contributed by atoms with Gasteiger partial charge in [-0.05, 0) is 55.6 Å². The lowest BCUT2D eigenvalue weighted by atomic mass is 10.0. The molecule has 0 radical (unpaired) electrons. The summed E-state index contributed by atoms with van der Waals surface area (Å²) < 4.78 is 27.8. The van der Waals surface area contributed by atoms with Crippen LogP contribution in [-0.4, -0.2) is 43.9 Å². The Bertz CT molecular complexity index is 828. The molecule has 0 bridgehead atoms. The van der Waals surface area contributed by atoms with Crippen molar-refractivity contribution in [3.63, 3.8) is 0 Å². The first-order valence-corrected chi connectivity index (χ1v) is 9.06. The van der Waals surface area contributed by atoms with Crippen LogP contribution >= 0.6 is 12.4 Å². The van der Waals surface area contributed by atoms with Crippen molar-refractivity contribution in [1.29, 1.82) is 0 Å². The average molecular weight is 354 g/mol. The van der Waals surface area contributed by atoms with E-state index in [4.69, 9.17) is 0 Å². The highest BCUT2D eigenvalue weighted by Crippen LogP contribution is 2.33. The summed E-state index contributed by atoms with van der Waals surface area (Å²) in [6, 6.07) is 7.21. The van der Waals surface area contributed by atoms with E-state index in [1.165, 1.54) is 0 Å². The van der Waals surface area contributed by atoms with E-state index >= 15 is 0 Å². The summed E-state index contributed by atoms with van der Waals surface area (Å²) in [5.74, 6) is 0.897. The van der Waals surface area contributed by atoms with Crippen molar-refractivity contribution in [2.45, 2.75) is 11.8 Å². The molecule has 23 heavy (non-hydrogen) atoms. The molecule has 4 rings (SSSR count). The van der Waals surface area contributed by atoms with Crippen LogP contribution in [0.2, 0.25) is 0 Å². The standard InChI is InChI=1S/C16H19N3O2S.ClH/c1-11-4-5-15(14-3-2-6-18-16(11)14)22(20,21)19-9-12-7-17-8-13(12)10-19;/h2-6,12-13,17H,7-10H2,1H3;1H/t12-,13+;. The molecule has 0 amide bonds. The van der Waals surface area contributed by atoms with Gasteiger partial charge in [0.25, 0.3) is 0 Å². The number of nitrogens with one attached hydrogen (secondary N) is 1. The fourth-order valence-electron chi connectivity index (χ4n) is 3.66. The topological polar surface area (TPSA) is 62.3 Å².